The largest absolute Gasteiger partial charge is 0.480 e. The van der Waals surface area contributed by atoms with E-state index >= 15 is 0 Å². The number of rotatable bonds is 4. The molecule has 19 heavy (non-hydrogen) atoms. The molecule has 0 aromatic heterocycles. The summed E-state index contributed by atoms with van der Waals surface area (Å²) < 4.78 is 0. The van der Waals surface area contributed by atoms with Gasteiger partial charge in [0.2, 0.25) is 0 Å². The average molecular weight is 268 g/mol. The first kappa shape index (κ1) is 14.2. The average Bonchev–Trinajstić information content (AvgIpc) is 2.34. The minimum atomic E-state index is -0.989. The van der Waals surface area contributed by atoms with Crippen molar-refractivity contribution >= 4 is 12.0 Å². The quantitative estimate of drug-likeness (QED) is 0.821. The number of nitrogens with one attached hydrogen (secondary N) is 1. The third-order valence-corrected chi connectivity index (χ3v) is 4.56. The van der Waals surface area contributed by atoms with Crippen molar-refractivity contribution in [3.63, 3.8) is 0 Å². The normalized spacial score (nSPS) is 22.7. The molecule has 0 unspecified atom stereocenters. The fourth-order valence-electron chi connectivity index (χ4n) is 3.04. The van der Waals surface area contributed by atoms with E-state index in [1.165, 1.54) is 12.8 Å². The van der Waals surface area contributed by atoms with Gasteiger partial charge in [-0.15, -0.1) is 0 Å². The summed E-state index contributed by atoms with van der Waals surface area (Å²) in [5.41, 5.74) is -0.989. The van der Waals surface area contributed by atoms with Crippen LogP contribution in [0.5, 0.6) is 0 Å². The Hall–Kier alpha value is -1.26. The van der Waals surface area contributed by atoms with Gasteiger partial charge in [-0.25, -0.2) is 9.59 Å². The zero-order chi connectivity index (χ0) is 13.9. The lowest BCUT2D eigenvalue weighted by Gasteiger charge is -2.41. The molecule has 1 saturated heterocycles. The highest BCUT2D eigenvalue weighted by atomic mass is 16.4. The molecule has 108 valence electrons. The van der Waals surface area contributed by atoms with Crippen LogP contribution in [-0.4, -0.2) is 40.6 Å². The number of hydrogen-bond acceptors (Lipinski definition) is 2. The molecule has 2 aliphatic rings. The Kier molecular flexibility index (Phi) is 4.32. The highest BCUT2D eigenvalue weighted by Gasteiger charge is 2.46. The van der Waals surface area contributed by atoms with Crippen LogP contribution in [0.1, 0.15) is 51.9 Å². The van der Waals surface area contributed by atoms with Gasteiger partial charge < -0.3 is 15.3 Å². The molecular formula is C14H24N2O3. The van der Waals surface area contributed by atoms with Gasteiger partial charge in [0.05, 0.1) is 0 Å². The van der Waals surface area contributed by atoms with Crippen molar-refractivity contribution in [1.29, 1.82) is 0 Å². The maximum Gasteiger partial charge on any atom is 0.329 e. The van der Waals surface area contributed by atoms with E-state index < -0.39 is 11.5 Å². The Balaban J connectivity index is 1.83. The SMILES string of the molecule is CCCC1CCN(C(=O)NC2(C(=O)O)CCC2)CC1. The van der Waals surface area contributed by atoms with E-state index in [2.05, 4.69) is 12.2 Å². The predicted octanol–water partition coefficient (Wildman–Crippen LogP) is 2.22. The Morgan fingerprint density at radius 2 is 1.95 bits per heavy atom. The number of carbonyl (C=O) groups excluding carboxylic acids is 1. The van der Waals surface area contributed by atoms with Crippen LogP contribution < -0.4 is 5.32 Å². The number of aliphatic carboxylic acids is 1. The molecule has 5 nitrogen and oxygen atoms in total. The van der Waals surface area contributed by atoms with Gasteiger partial charge >= 0.3 is 12.0 Å². The van der Waals surface area contributed by atoms with Crippen LogP contribution in [-0.2, 0) is 4.79 Å². The van der Waals surface area contributed by atoms with E-state index in [0.717, 1.165) is 38.3 Å². The van der Waals surface area contributed by atoms with Crippen LogP contribution >= 0.6 is 0 Å². The molecule has 2 rings (SSSR count). The number of nitrogens with zero attached hydrogens (tertiary/aromatic N) is 1. The number of hydrogen-bond donors (Lipinski definition) is 2. The van der Waals surface area contributed by atoms with Crippen LogP contribution in [0.2, 0.25) is 0 Å². The predicted molar refractivity (Wildman–Crippen MR) is 72.0 cm³/mol. The van der Waals surface area contributed by atoms with Crippen molar-refractivity contribution in [3.8, 4) is 0 Å². The molecule has 0 radical (unpaired) electrons. The standard InChI is InChI=1S/C14H24N2O3/c1-2-4-11-5-9-16(10-6-11)13(19)15-14(12(17)18)7-3-8-14/h11H,2-10H2,1H3,(H,15,19)(H,17,18). The van der Waals surface area contributed by atoms with Gasteiger partial charge in [0.25, 0.3) is 0 Å². The van der Waals surface area contributed by atoms with Crippen LogP contribution in [0.25, 0.3) is 0 Å². The number of carbonyl (C=O) groups is 2. The third kappa shape index (κ3) is 3.01. The number of amides is 2. The van der Waals surface area contributed by atoms with E-state index in [1.54, 1.807) is 4.90 Å². The topological polar surface area (TPSA) is 69.6 Å². The monoisotopic (exact) mass is 268 g/mol. The molecular weight excluding hydrogens is 244 g/mol. The lowest BCUT2D eigenvalue weighted by Crippen LogP contribution is -2.62. The molecule has 1 heterocycles. The summed E-state index contributed by atoms with van der Waals surface area (Å²) in [5.74, 6) is -0.167. The molecule has 2 N–H and O–H groups in total. The number of urea groups is 1. The van der Waals surface area contributed by atoms with Gasteiger partial charge in [-0.2, -0.15) is 0 Å². The fraction of sp³-hybridized carbons (Fsp3) is 0.857. The highest BCUT2D eigenvalue weighted by Crippen LogP contribution is 2.32. The first-order valence-corrected chi connectivity index (χ1v) is 7.38. The summed E-state index contributed by atoms with van der Waals surface area (Å²) in [6.45, 7) is 3.70. The van der Waals surface area contributed by atoms with Crippen molar-refractivity contribution in [3.05, 3.63) is 0 Å². The maximum absolute atomic E-state index is 12.1. The fourth-order valence-corrected chi connectivity index (χ4v) is 3.04. The van der Waals surface area contributed by atoms with Gasteiger partial charge in [0.15, 0.2) is 0 Å². The lowest BCUT2D eigenvalue weighted by atomic mass is 9.77. The summed E-state index contributed by atoms with van der Waals surface area (Å²) in [4.78, 5) is 25.1. The maximum atomic E-state index is 12.1. The summed E-state index contributed by atoms with van der Waals surface area (Å²) in [6, 6.07) is -0.197. The molecule has 2 fully saturated rings. The zero-order valence-electron chi connectivity index (χ0n) is 11.7. The second-order valence-corrected chi connectivity index (χ2v) is 5.89. The van der Waals surface area contributed by atoms with E-state index in [-0.39, 0.29) is 6.03 Å². The van der Waals surface area contributed by atoms with E-state index in [9.17, 15) is 14.7 Å². The minimum absolute atomic E-state index is 0.197. The van der Waals surface area contributed by atoms with Gasteiger partial charge in [-0.3, -0.25) is 0 Å². The van der Waals surface area contributed by atoms with Gasteiger partial charge in [0, 0.05) is 13.1 Å². The van der Waals surface area contributed by atoms with Crippen molar-refractivity contribution in [1.82, 2.24) is 10.2 Å². The lowest BCUT2D eigenvalue weighted by molar-refractivity contribution is -0.148. The highest BCUT2D eigenvalue weighted by molar-refractivity contribution is 5.87. The van der Waals surface area contributed by atoms with Crippen LogP contribution in [0.3, 0.4) is 0 Å². The van der Waals surface area contributed by atoms with E-state index in [4.69, 9.17) is 0 Å². The first-order valence-electron chi connectivity index (χ1n) is 7.38. The molecule has 1 saturated carbocycles. The number of carboxylic acid groups (broad SMARTS) is 1. The molecule has 0 atom stereocenters. The van der Waals surface area contributed by atoms with Gasteiger partial charge in [-0.05, 0) is 38.0 Å². The zero-order valence-corrected chi connectivity index (χ0v) is 11.7. The third-order valence-electron chi connectivity index (χ3n) is 4.56. The first-order chi connectivity index (χ1) is 9.07. The minimum Gasteiger partial charge on any atom is -0.480 e. The molecule has 5 heteroatoms. The Morgan fingerprint density at radius 3 is 2.37 bits per heavy atom. The number of carboxylic acids is 1. The second kappa shape index (κ2) is 5.80. The Bertz CT molecular complexity index is 345. The molecule has 0 aromatic rings. The summed E-state index contributed by atoms with van der Waals surface area (Å²) in [7, 11) is 0. The van der Waals surface area contributed by atoms with Crippen LogP contribution in [0.15, 0.2) is 0 Å². The molecule has 0 bridgehead atoms. The smallest absolute Gasteiger partial charge is 0.329 e. The van der Waals surface area contributed by atoms with Crippen molar-refractivity contribution < 1.29 is 14.7 Å². The van der Waals surface area contributed by atoms with Crippen molar-refractivity contribution in [2.75, 3.05) is 13.1 Å². The van der Waals surface area contributed by atoms with Gasteiger partial charge in [0.1, 0.15) is 5.54 Å². The Labute approximate surface area is 114 Å². The molecule has 0 aromatic carbocycles. The summed E-state index contributed by atoms with van der Waals surface area (Å²) >= 11 is 0. The molecule has 1 aliphatic carbocycles. The van der Waals surface area contributed by atoms with E-state index in [1.807, 2.05) is 0 Å². The molecule has 0 spiro atoms. The van der Waals surface area contributed by atoms with Crippen molar-refractivity contribution in [2.45, 2.75) is 57.4 Å². The van der Waals surface area contributed by atoms with Crippen molar-refractivity contribution in [2.24, 2.45) is 5.92 Å². The summed E-state index contributed by atoms with van der Waals surface area (Å²) in [5, 5.41) is 11.9. The van der Waals surface area contributed by atoms with Crippen LogP contribution in [0, 0.1) is 5.92 Å². The second-order valence-electron chi connectivity index (χ2n) is 5.89. The number of piperidine rings is 1. The molecule has 1 aliphatic heterocycles. The van der Waals surface area contributed by atoms with Gasteiger partial charge in [-0.1, -0.05) is 19.8 Å². The Morgan fingerprint density at radius 1 is 1.32 bits per heavy atom. The van der Waals surface area contributed by atoms with E-state index in [0.29, 0.717) is 12.8 Å². The van der Waals surface area contributed by atoms with Crippen LogP contribution in [0.4, 0.5) is 4.79 Å². The number of likely N-dealkylation sites (tertiary alicyclic amines) is 1. The molecule has 2 amide bonds. The summed E-state index contributed by atoms with van der Waals surface area (Å²) in [6.07, 6.45) is 6.50.